The van der Waals surface area contributed by atoms with Crippen LogP contribution in [0, 0.1) is 0 Å². The molecule has 1 atom stereocenters. The molecule has 1 aromatic heterocycles. The van der Waals surface area contributed by atoms with Gasteiger partial charge < -0.3 is 15.7 Å². The molecular formula is C13H24N4O. The molecule has 0 spiro atoms. The average molecular weight is 252 g/mol. The van der Waals surface area contributed by atoms with E-state index in [9.17, 15) is 0 Å². The maximum Gasteiger partial charge on any atom is 0.135 e. The molecule has 0 saturated carbocycles. The lowest BCUT2D eigenvalue weighted by Gasteiger charge is -2.18. The summed E-state index contributed by atoms with van der Waals surface area (Å²) in [5, 5.41) is 15.4. The standard InChI is InChI=1S/C13H24N4O/c1-5-10(6-7-18)15-12-8-11(14-4)16-13(17-12)9(2)3/h8-10,18H,5-7H2,1-4H3,(H2,14,15,16,17). The fraction of sp³-hybridized carbons (Fsp3) is 0.692. The highest BCUT2D eigenvalue weighted by molar-refractivity contribution is 5.48. The van der Waals surface area contributed by atoms with Crippen molar-refractivity contribution in [3.8, 4) is 0 Å². The van der Waals surface area contributed by atoms with Crippen LogP contribution in [0.1, 0.15) is 45.4 Å². The van der Waals surface area contributed by atoms with E-state index in [-0.39, 0.29) is 18.6 Å². The monoisotopic (exact) mass is 252 g/mol. The Labute approximate surface area is 109 Å². The number of hydrogen-bond donors (Lipinski definition) is 3. The third-order valence-corrected chi connectivity index (χ3v) is 2.84. The number of anilines is 2. The summed E-state index contributed by atoms with van der Waals surface area (Å²) in [6.45, 7) is 6.43. The van der Waals surface area contributed by atoms with Crippen molar-refractivity contribution in [1.82, 2.24) is 9.97 Å². The van der Waals surface area contributed by atoms with Crippen LogP contribution in [0.4, 0.5) is 11.6 Å². The highest BCUT2D eigenvalue weighted by Gasteiger charge is 2.10. The molecule has 3 N–H and O–H groups in total. The number of hydrogen-bond acceptors (Lipinski definition) is 5. The van der Waals surface area contributed by atoms with E-state index in [0.29, 0.717) is 0 Å². The summed E-state index contributed by atoms with van der Waals surface area (Å²) < 4.78 is 0. The lowest BCUT2D eigenvalue weighted by Crippen LogP contribution is -2.21. The molecule has 1 heterocycles. The van der Waals surface area contributed by atoms with Crippen molar-refractivity contribution in [3.05, 3.63) is 11.9 Å². The first kappa shape index (κ1) is 14.7. The largest absolute Gasteiger partial charge is 0.396 e. The van der Waals surface area contributed by atoms with Crippen molar-refractivity contribution in [1.29, 1.82) is 0 Å². The van der Waals surface area contributed by atoms with E-state index in [1.165, 1.54) is 0 Å². The molecule has 0 aliphatic heterocycles. The van der Waals surface area contributed by atoms with Gasteiger partial charge in [-0.25, -0.2) is 9.97 Å². The number of rotatable bonds is 7. The summed E-state index contributed by atoms with van der Waals surface area (Å²) >= 11 is 0. The average Bonchev–Trinajstić information content (AvgIpc) is 2.37. The second-order valence-corrected chi connectivity index (χ2v) is 4.66. The van der Waals surface area contributed by atoms with Gasteiger partial charge in [0, 0.05) is 31.7 Å². The highest BCUT2D eigenvalue weighted by Crippen LogP contribution is 2.18. The molecule has 0 aliphatic rings. The van der Waals surface area contributed by atoms with Crippen LogP contribution in [0.3, 0.4) is 0 Å². The minimum absolute atomic E-state index is 0.187. The molecule has 18 heavy (non-hydrogen) atoms. The van der Waals surface area contributed by atoms with Crippen molar-refractivity contribution in [2.45, 2.75) is 45.6 Å². The van der Waals surface area contributed by atoms with Gasteiger partial charge in [-0.1, -0.05) is 20.8 Å². The zero-order valence-electron chi connectivity index (χ0n) is 11.7. The van der Waals surface area contributed by atoms with E-state index < -0.39 is 0 Å². The van der Waals surface area contributed by atoms with Crippen molar-refractivity contribution in [2.24, 2.45) is 0 Å². The maximum absolute atomic E-state index is 9.00. The van der Waals surface area contributed by atoms with Gasteiger partial charge in [-0.15, -0.1) is 0 Å². The van der Waals surface area contributed by atoms with Gasteiger partial charge in [0.15, 0.2) is 0 Å². The molecule has 1 unspecified atom stereocenters. The summed E-state index contributed by atoms with van der Waals surface area (Å²) in [4.78, 5) is 8.93. The summed E-state index contributed by atoms with van der Waals surface area (Å²) in [6.07, 6.45) is 1.68. The van der Waals surface area contributed by atoms with Crippen LogP contribution in [0.25, 0.3) is 0 Å². The predicted octanol–water partition coefficient (Wildman–Crippen LogP) is 2.21. The van der Waals surface area contributed by atoms with Crippen LogP contribution in [0.15, 0.2) is 6.07 Å². The van der Waals surface area contributed by atoms with E-state index in [2.05, 4.69) is 41.4 Å². The molecule has 0 radical (unpaired) electrons. The van der Waals surface area contributed by atoms with Gasteiger partial charge in [-0.3, -0.25) is 0 Å². The van der Waals surface area contributed by atoms with E-state index in [0.717, 1.165) is 30.3 Å². The van der Waals surface area contributed by atoms with Gasteiger partial charge >= 0.3 is 0 Å². The number of nitrogens with zero attached hydrogens (tertiary/aromatic N) is 2. The third kappa shape index (κ3) is 4.14. The molecular weight excluding hydrogens is 228 g/mol. The second-order valence-electron chi connectivity index (χ2n) is 4.66. The third-order valence-electron chi connectivity index (χ3n) is 2.84. The van der Waals surface area contributed by atoms with Crippen LogP contribution in [-0.2, 0) is 0 Å². The fourth-order valence-electron chi connectivity index (χ4n) is 1.67. The molecule has 0 aliphatic carbocycles. The Morgan fingerprint density at radius 1 is 1.28 bits per heavy atom. The Balaban J connectivity index is 2.89. The van der Waals surface area contributed by atoms with Crippen molar-refractivity contribution < 1.29 is 5.11 Å². The number of aliphatic hydroxyl groups is 1. The minimum Gasteiger partial charge on any atom is -0.396 e. The van der Waals surface area contributed by atoms with Gasteiger partial charge in [-0.2, -0.15) is 0 Å². The minimum atomic E-state index is 0.187. The smallest absolute Gasteiger partial charge is 0.135 e. The van der Waals surface area contributed by atoms with E-state index in [4.69, 9.17) is 5.11 Å². The quantitative estimate of drug-likeness (QED) is 0.694. The summed E-state index contributed by atoms with van der Waals surface area (Å²) in [5.41, 5.74) is 0. The van der Waals surface area contributed by atoms with Crippen LogP contribution in [0.2, 0.25) is 0 Å². The van der Waals surface area contributed by atoms with Gasteiger partial charge in [0.1, 0.15) is 17.5 Å². The number of nitrogens with one attached hydrogen (secondary N) is 2. The lowest BCUT2D eigenvalue weighted by molar-refractivity contribution is 0.278. The summed E-state index contributed by atoms with van der Waals surface area (Å²) in [5.74, 6) is 2.74. The molecule has 1 aromatic rings. The summed E-state index contributed by atoms with van der Waals surface area (Å²) in [6, 6.07) is 2.14. The Bertz CT molecular complexity index is 368. The van der Waals surface area contributed by atoms with Gasteiger partial charge in [0.2, 0.25) is 0 Å². The summed E-state index contributed by atoms with van der Waals surface area (Å²) in [7, 11) is 1.85. The fourth-order valence-corrected chi connectivity index (χ4v) is 1.67. The first-order valence-electron chi connectivity index (χ1n) is 6.54. The first-order chi connectivity index (χ1) is 8.60. The molecule has 5 heteroatoms. The van der Waals surface area contributed by atoms with Crippen molar-refractivity contribution in [2.75, 3.05) is 24.3 Å². The zero-order chi connectivity index (χ0) is 13.5. The molecule has 0 bridgehead atoms. The normalized spacial score (nSPS) is 12.6. The van der Waals surface area contributed by atoms with Gasteiger partial charge in [-0.05, 0) is 12.8 Å². The molecule has 1 rings (SSSR count). The molecule has 0 fully saturated rings. The van der Waals surface area contributed by atoms with Gasteiger partial charge in [0.25, 0.3) is 0 Å². The lowest BCUT2D eigenvalue weighted by atomic mass is 10.1. The zero-order valence-corrected chi connectivity index (χ0v) is 11.7. The second kappa shape index (κ2) is 7.16. The molecule has 5 nitrogen and oxygen atoms in total. The van der Waals surface area contributed by atoms with Crippen LogP contribution < -0.4 is 10.6 Å². The van der Waals surface area contributed by atoms with Gasteiger partial charge in [0.05, 0.1) is 0 Å². The van der Waals surface area contributed by atoms with Crippen LogP contribution in [0.5, 0.6) is 0 Å². The Morgan fingerprint density at radius 2 is 1.94 bits per heavy atom. The molecule has 0 amide bonds. The van der Waals surface area contributed by atoms with E-state index >= 15 is 0 Å². The topological polar surface area (TPSA) is 70.1 Å². The van der Waals surface area contributed by atoms with Crippen LogP contribution >= 0.6 is 0 Å². The maximum atomic E-state index is 9.00. The molecule has 0 saturated heterocycles. The number of aliphatic hydroxyl groups excluding tert-OH is 1. The Morgan fingerprint density at radius 3 is 2.44 bits per heavy atom. The highest BCUT2D eigenvalue weighted by atomic mass is 16.3. The SMILES string of the molecule is CCC(CCO)Nc1cc(NC)nc(C(C)C)n1. The van der Waals surface area contributed by atoms with Crippen LogP contribution in [-0.4, -0.2) is 34.8 Å². The van der Waals surface area contributed by atoms with Crippen molar-refractivity contribution >= 4 is 11.6 Å². The molecule has 102 valence electrons. The Kier molecular flexibility index (Phi) is 5.85. The predicted molar refractivity (Wildman–Crippen MR) is 75.1 cm³/mol. The Hall–Kier alpha value is -1.36. The number of aromatic nitrogens is 2. The first-order valence-corrected chi connectivity index (χ1v) is 6.54. The van der Waals surface area contributed by atoms with E-state index in [1.807, 2.05) is 13.1 Å². The van der Waals surface area contributed by atoms with Crippen molar-refractivity contribution in [3.63, 3.8) is 0 Å². The van der Waals surface area contributed by atoms with E-state index in [1.54, 1.807) is 0 Å². The molecule has 0 aromatic carbocycles.